The molecule has 0 aromatic carbocycles. The van der Waals surface area contributed by atoms with Crippen molar-refractivity contribution in [1.29, 1.82) is 0 Å². The number of carbonyl (C=O) groups excluding carboxylic acids is 1. The molecule has 0 fully saturated rings. The molecule has 0 aliphatic carbocycles. The van der Waals surface area contributed by atoms with Gasteiger partial charge in [-0.3, -0.25) is 14.9 Å². The second-order valence-corrected chi connectivity index (χ2v) is 2.11. The summed E-state index contributed by atoms with van der Waals surface area (Å²) in [5, 5.41) is 10.1. The highest BCUT2D eigenvalue weighted by Gasteiger charge is 2.06. The van der Waals surface area contributed by atoms with Crippen LogP contribution in [0.15, 0.2) is 36.6 Å². The normalized spacial score (nSPS) is 10.6. The van der Waals surface area contributed by atoms with Gasteiger partial charge in [-0.1, -0.05) is 12.7 Å². The molecule has 0 aliphatic heterocycles. The first-order chi connectivity index (χ1) is 5.49. The van der Waals surface area contributed by atoms with Gasteiger partial charge in [0.25, 0.3) is 5.70 Å². The topological polar surface area (TPSA) is 60.2 Å². The van der Waals surface area contributed by atoms with Crippen molar-refractivity contribution in [3.05, 3.63) is 46.7 Å². The lowest BCUT2D eigenvalue weighted by Crippen LogP contribution is -1.98. The summed E-state index contributed by atoms with van der Waals surface area (Å²) < 4.78 is 0. The molecule has 4 nitrogen and oxygen atoms in total. The van der Waals surface area contributed by atoms with Crippen LogP contribution in [0.3, 0.4) is 0 Å². The van der Waals surface area contributed by atoms with Gasteiger partial charge in [0, 0.05) is 11.6 Å². The molecule has 0 unspecified atom stereocenters. The highest BCUT2D eigenvalue weighted by molar-refractivity contribution is 5.96. The van der Waals surface area contributed by atoms with Crippen molar-refractivity contribution in [2.45, 2.75) is 6.92 Å². The van der Waals surface area contributed by atoms with E-state index < -0.39 is 4.92 Å². The van der Waals surface area contributed by atoms with E-state index >= 15 is 0 Å². The first-order valence-electron chi connectivity index (χ1n) is 3.17. The minimum Gasteiger partial charge on any atom is -0.295 e. The summed E-state index contributed by atoms with van der Waals surface area (Å²) in [5.41, 5.74) is -0.128. The van der Waals surface area contributed by atoms with Crippen molar-refractivity contribution in [1.82, 2.24) is 0 Å². The van der Waals surface area contributed by atoms with E-state index in [-0.39, 0.29) is 17.1 Å². The Hall–Kier alpha value is -1.71. The Morgan fingerprint density at radius 3 is 2.33 bits per heavy atom. The summed E-state index contributed by atoms with van der Waals surface area (Å²) >= 11 is 0. The number of Topliss-reactive ketones (excluding diaryl/α,β-unsaturated/α-hetero) is 1. The smallest absolute Gasteiger partial charge is 0.263 e. The molecule has 0 radical (unpaired) electrons. The van der Waals surface area contributed by atoms with Gasteiger partial charge in [-0.25, -0.2) is 0 Å². The van der Waals surface area contributed by atoms with Crippen molar-refractivity contribution in [3.8, 4) is 0 Å². The SMILES string of the molecule is C=C/C(=C\C(=C)[N+](=O)[O-])C(C)=O. The number of allylic oxidation sites excluding steroid dienone is 3. The number of rotatable bonds is 4. The van der Waals surface area contributed by atoms with E-state index in [1.165, 1.54) is 13.0 Å². The van der Waals surface area contributed by atoms with Crippen LogP contribution in [0.1, 0.15) is 6.92 Å². The molecule has 12 heavy (non-hydrogen) atoms. The fourth-order valence-corrected chi connectivity index (χ4v) is 0.536. The lowest BCUT2D eigenvalue weighted by Gasteiger charge is -1.92. The molecule has 0 amide bonds. The molecule has 0 aromatic heterocycles. The predicted octanol–water partition coefficient (Wildman–Crippen LogP) is 1.48. The minimum absolute atomic E-state index is 0.191. The maximum atomic E-state index is 10.7. The van der Waals surface area contributed by atoms with Crippen LogP contribution in [-0.4, -0.2) is 10.7 Å². The number of hydrogen-bond donors (Lipinski definition) is 0. The molecular weight excluding hydrogens is 158 g/mol. The lowest BCUT2D eigenvalue weighted by atomic mass is 10.1. The first-order valence-corrected chi connectivity index (χ1v) is 3.17. The summed E-state index contributed by atoms with van der Waals surface area (Å²) in [6.45, 7) is 7.80. The van der Waals surface area contributed by atoms with Crippen LogP contribution in [0, 0.1) is 10.1 Å². The van der Waals surface area contributed by atoms with Crippen LogP contribution >= 0.6 is 0 Å². The Kier molecular flexibility index (Phi) is 3.62. The van der Waals surface area contributed by atoms with Gasteiger partial charge in [0.05, 0.1) is 4.92 Å². The molecule has 0 heterocycles. The molecule has 64 valence electrons. The number of hydrogen-bond acceptors (Lipinski definition) is 3. The summed E-state index contributed by atoms with van der Waals surface area (Å²) in [4.78, 5) is 20.2. The maximum Gasteiger partial charge on any atom is 0.263 e. The molecule has 0 saturated heterocycles. The van der Waals surface area contributed by atoms with Crippen LogP contribution in [0.2, 0.25) is 0 Å². The molecule has 0 aromatic rings. The highest BCUT2D eigenvalue weighted by Crippen LogP contribution is 2.03. The summed E-state index contributed by atoms with van der Waals surface area (Å²) in [7, 11) is 0. The zero-order valence-electron chi connectivity index (χ0n) is 6.74. The van der Waals surface area contributed by atoms with E-state index in [4.69, 9.17) is 0 Å². The monoisotopic (exact) mass is 167 g/mol. The van der Waals surface area contributed by atoms with E-state index in [9.17, 15) is 14.9 Å². The Morgan fingerprint density at radius 2 is 2.08 bits per heavy atom. The van der Waals surface area contributed by atoms with E-state index in [0.717, 1.165) is 6.08 Å². The third kappa shape index (κ3) is 2.92. The van der Waals surface area contributed by atoms with Crippen molar-refractivity contribution < 1.29 is 9.72 Å². The fraction of sp³-hybridized carbons (Fsp3) is 0.125. The molecule has 0 saturated carbocycles. The number of nitrogens with zero attached hydrogens (tertiary/aromatic N) is 1. The maximum absolute atomic E-state index is 10.7. The van der Waals surface area contributed by atoms with E-state index in [2.05, 4.69) is 13.2 Å². The molecule has 0 N–H and O–H groups in total. The molecule has 0 atom stereocenters. The van der Waals surface area contributed by atoms with Crippen molar-refractivity contribution in [2.24, 2.45) is 0 Å². The van der Waals surface area contributed by atoms with Crippen LogP contribution in [0.4, 0.5) is 0 Å². The van der Waals surface area contributed by atoms with Crippen LogP contribution in [0.25, 0.3) is 0 Å². The van der Waals surface area contributed by atoms with Gasteiger partial charge in [0.1, 0.15) is 0 Å². The third-order valence-corrected chi connectivity index (χ3v) is 1.18. The van der Waals surface area contributed by atoms with Gasteiger partial charge in [0.15, 0.2) is 5.78 Å². The minimum atomic E-state index is -0.660. The fourth-order valence-electron chi connectivity index (χ4n) is 0.536. The van der Waals surface area contributed by atoms with Gasteiger partial charge in [-0.2, -0.15) is 0 Å². The summed E-state index contributed by atoms with van der Waals surface area (Å²) in [6.07, 6.45) is 2.35. The first kappa shape index (κ1) is 10.3. The standard InChI is InChI=1S/C8H9NO3/c1-4-8(7(3)10)5-6(2)9(11)12/h4-5H,1-2H2,3H3/b8-5+. The number of nitro groups is 1. The van der Waals surface area contributed by atoms with Crippen molar-refractivity contribution in [2.75, 3.05) is 0 Å². The van der Waals surface area contributed by atoms with Crippen LogP contribution in [0.5, 0.6) is 0 Å². The Labute approximate surface area is 70.0 Å². The van der Waals surface area contributed by atoms with Crippen LogP contribution in [-0.2, 0) is 4.79 Å². The average Bonchev–Trinajstić information content (AvgIpc) is 1.98. The molecule has 4 heteroatoms. The van der Waals surface area contributed by atoms with Gasteiger partial charge in [-0.15, -0.1) is 0 Å². The van der Waals surface area contributed by atoms with E-state index in [1.807, 2.05) is 0 Å². The third-order valence-electron chi connectivity index (χ3n) is 1.18. The summed E-state index contributed by atoms with van der Waals surface area (Å²) in [5.74, 6) is -0.270. The van der Waals surface area contributed by atoms with Gasteiger partial charge in [-0.05, 0) is 13.5 Å². The van der Waals surface area contributed by atoms with Gasteiger partial charge < -0.3 is 0 Å². The predicted molar refractivity (Wildman–Crippen MR) is 45.1 cm³/mol. The lowest BCUT2D eigenvalue weighted by molar-refractivity contribution is -0.418. The zero-order valence-corrected chi connectivity index (χ0v) is 6.74. The average molecular weight is 167 g/mol. The number of carbonyl (C=O) groups is 1. The highest BCUT2D eigenvalue weighted by atomic mass is 16.6. The van der Waals surface area contributed by atoms with Crippen molar-refractivity contribution in [3.63, 3.8) is 0 Å². The molecule has 0 spiro atoms. The zero-order chi connectivity index (χ0) is 9.72. The van der Waals surface area contributed by atoms with Crippen LogP contribution < -0.4 is 0 Å². The molecular formula is C8H9NO3. The molecule has 0 aliphatic rings. The second kappa shape index (κ2) is 4.23. The number of ketones is 1. The quantitative estimate of drug-likeness (QED) is 0.276. The Balaban J connectivity index is 4.72. The Morgan fingerprint density at radius 1 is 1.58 bits per heavy atom. The largest absolute Gasteiger partial charge is 0.295 e. The second-order valence-electron chi connectivity index (χ2n) is 2.11. The molecule has 0 bridgehead atoms. The molecule has 0 rings (SSSR count). The van der Waals surface area contributed by atoms with E-state index in [0.29, 0.717) is 0 Å². The Bertz CT molecular complexity index is 276. The van der Waals surface area contributed by atoms with Gasteiger partial charge in [0.2, 0.25) is 0 Å². The van der Waals surface area contributed by atoms with E-state index in [1.54, 1.807) is 0 Å². The van der Waals surface area contributed by atoms with Gasteiger partial charge >= 0.3 is 0 Å². The summed E-state index contributed by atoms with van der Waals surface area (Å²) in [6, 6.07) is 0. The van der Waals surface area contributed by atoms with Crippen molar-refractivity contribution >= 4 is 5.78 Å².